The first-order chi connectivity index (χ1) is 13.3. The van der Waals surface area contributed by atoms with Crippen molar-refractivity contribution < 1.29 is 24.8 Å². The van der Waals surface area contributed by atoms with E-state index in [1.54, 1.807) is 18.2 Å². The number of halogens is 3. The normalized spacial score (nSPS) is 24.5. The van der Waals surface area contributed by atoms with Gasteiger partial charge >= 0.3 is 5.69 Å². The SMILES string of the molecule is O=c1[nH]c(=O)n([C@@H]2O[C@H](CO)[C@@H](O)[C@H]2O)c(COc2c(Cl)cccc2Cl)c1Br. The van der Waals surface area contributed by atoms with Crippen LogP contribution in [0.15, 0.2) is 32.3 Å². The molecule has 0 spiro atoms. The summed E-state index contributed by atoms with van der Waals surface area (Å²) >= 11 is 15.2. The molecule has 0 unspecified atom stereocenters. The molecule has 12 heteroatoms. The van der Waals surface area contributed by atoms with Gasteiger partial charge in [-0.3, -0.25) is 14.3 Å². The number of hydrogen-bond acceptors (Lipinski definition) is 7. The van der Waals surface area contributed by atoms with Crippen molar-refractivity contribution in [1.29, 1.82) is 0 Å². The second-order valence-electron chi connectivity index (χ2n) is 5.96. The summed E-state index contributed by atoms with van der Waals surface area (Å²) in [6.45, 7) is -0.912. The molecule has 0 radical (unpaired) electrons. The highest BCUT2D eigenvalue weighted by molar-refractivity contribution is 9.10. The van der Waals surface area contributed by atoms with Gasteiger partial charge in [-0.1, -0.05) is 29.3 Å². The minimum atomic E-state index is -1.53. The first kappa shape index (κ1) is 21.3. The third-order valence-electron chi connectivity index (χ3n) is 4.23. The van der Waals surface area contributed by atoms with E-state index in [4.69, 9.17) is 32.7 Å². The molecule has 152 valence electrons. The third-order valence-corrected chi connectivity index (χ3v) is 5.64. The molecule has 1 aromatic heterocycles. The van der Waals surface area contributed by atoms with E-state index in [1.165, 1.54) is 0 Å². The van der Waals surface area contributed by atoms with Crippen LogP contribution in [0.1, 0.15) is 11.9 Å². The Bertz CT molecular complexity index is 976. The van der Waals surface area contributed by atoms with Gasteiger partial charge in [-0.2, -0.15) is 0 Å². The first-order valence-corrected chi connectivity index (χ1v) is 9.53. The third kappa shape index (κ3) is 3.86. The largest absolute Gasteiger partial charge is 0.484 e. The number of para-hydroxylation sites is 1. The molecule has 0 amide bonds. The van der Waals surface area contributed by atoms with E-state index in [9.17, 15) is 24.9 Å². The molecule has 3 rings (SSSR count). The predicted molar refractivity (Wildman–Crippen MR) is 103 cm³/mol. The van der Waals surface area contributed by atoms with E-state index >= 15 is 0 Å². The number of nitrogens with one attached hydrogen (secondary N) is 1. The summed E-state index contributed by atoms with van der Waals surface area (Å²) in [5.41, 5.74) is -1.61. The van der Waals surface area contributed by atoms with Gasteiger partial charge in [-0.05, 0) is 28.1 Å². The monoisotopic (exact) mass is 496 g/mol. The summed E-state index contributed by atoms with van der Waals surface area (Å²) in [7, 11) is 0. The van der Waals surface area contributed by atoms with E-state index in [0.29, 0.717) is 0 Å². The van der Waals surface area contributed by atoms with Gasteiger partial charge in [0.25, 0.3) is 5.56 Å². The van der Waals surface area contributed by atoms with Crippen LogP contribution in [-0.2, 0) is 11.3 Å². The maximum absolute atomic E-state index is 12.4. The number of aliphatic hydroxyl groups is 3. The van der Waals surface area contributed by atoms with Gasteiger partial charge < -0.3 is 24.8 Å². The number of rotatable bonds is 5. The van der Waals surface area contributed by atoms with Gasteiger partial charge in [0, 0.05) is 0 Å². The minimum absolute atomic E-state index is 0.0135. The number of ether oxygens (including phenoxy) is 2. The van der Waals surface area contributed by atoms with Crippen LogP contribution in [0.3, 0.4) is 0 Å². The second-order valence-corrected chi connectivity index (χ2v) is 7.57. The molecule has 2 aromatic rings. The average molecular weight is 498 g/mol. The number of aromatic nitrogens is 2. The highest BCUT2D eigenvalue weighted by Crippen LogP contribution is 2.34. The Hall–Kier alpha value is -1.40. The van der Waals surface area contributed by atoms with Crippen molar-refractivity contribution in [2.45, 2.75) is 31.1 Å². The highest BCUT2D eigenvalue weighted by Gasteiger charge is 2.44. The molecule has 0 bridgehead atoms. The lowest BCUT2D eigenvalue weighted by atomic mass is 10.1. The van der Waals surface area contributed by atoms with Crippen molar-refractivity contribution in [1.82, 2.24) is 9.55 Å². The van der Waals surface area contributed by atoms with Crippen LogP contribution in [0, 0.1) is 0 Å². The zero-order valence-corrected chi connectivity index (χ0v) is 17.1. The second kappa shape index (κ2) is 8.54. The zero-order chi connectivity index (χ0) is 20.6. The van der Waals surface area contributed by atoms with Gasteiger partial charge in [0.2, 0.25) is 0 Å². The van der Waals surface area contributed by atoms with Crippen molar-refractivity contribution in [3.05, 3.63) is 59.2 Å². The number of aromatic amines is 1. The highest BCUT2D eigenvalue weighted by atomic mass is 79.9. The molecule has 4 N–H and O–H groups in total. The Morgan fingerprint density at radius 2 is 1.86 bits per heavy atom. The summed E-state index contributed by atoms with van der Waals surface area (Å²) in [5.74, 6) is 0.137. The van der Waals surface area contributed by atoms with Gasteiger partial charge in [0.1, 0.15) is 29.4 Å². The van der Waals surface area contributed by atoms with Gasteiger partial charge in [0.15, 0.2) is 12.0 Å². The van der Waals surface area contributed by atoms with Crippen molar-refractivity contribution in [3.63, 3.8) is 0 Å². The molecule has 0 aliphatic carbocycles. The summed E-state index contributed by atoms with van der Waals surface area (Å²) < 4.78 is 11.9. The average Bonchev–Trinajstić information content (AvgIpc) is 2.93. The molecular weight excluding hydrogens is 483 g/mol. The quantitative estimate of drug-likeness (QED) is 0.480. The maximum Gasteiger partial charge on any atom is 0.330 e. The van der Waals surface area contributed by atoms with Crippen LogP contribution in [0.25, 0.3) is 0 Å². The standard InChI is InChI=1S/C16H15BrCl2N2O7/c17-10-8(5-27-13-6(18)2-1-3-7(13)19)21(16(26)20-14(10)25)15-12(24)11(23)9(4-22)28-15/h1-3,9,11-12,15,22-24H,4-5H2,(H,20,25,26)/t9-,11-,12-,15-/m1/s1. The topological polar surface area (TPSA) is 134 Å². The summed E-state index contributed by atoms with van der Waals surface area (Å²) in [6.07, 6.45) is -5.44. The molecule has 2 heterocycles. The predicted octanol–water partition coefficient (Wildman–Crippen LogP) is 0.796. The van der Waals surface area contributed by atoms with Crippen LogP contribution in [0.4, 0.5) is 0 Å². The molecule has 1 fully saturated rings. The molecule has 1 saturated heterocycles. The van der Waals surface area contributed by atoms with Crippen molar-refractivity contribution in [3.8, 4) is 5.75 Å². The smallest absolute Gasteiger partial charge is 0.330 e. The first-order valence-electron chi connectivity index (χ1n) is 7.98. The van der Waals surface area contributed by atoms with Gasteiger partial charge in [0.05, 0.1) is 22.3 Å². The lowest BCUT2D eigenvalue weighted by Crippen LogP contribution is -2.40. The fraction of sp³-hybridized carbons (Fsp3) is 0.375. The van der Waals surface area contributed by atoms with E-state index in [-0.39, 0.29) is 32.6 Å². The van der Waals surface area contributed by atoms with Crippen LogP contribution in [0.5, 0.6) is 5.75 Å². The van der Waals surface area contributed by atoms with Crippen molar-refractivity contribution >= 4 is 39.1 Å². The van der Waals surface area contributed by atoms with Gasteiger partial charge in [-0.15, -0.1) is 0 Å². The minimum Gasteiger partial charge on any atom is -0.484 e. The Morgan fingerprint density at radius 1 is 1.21 bits per heavy atom. The Morgan fingerprint density at radius 3 is 2.43 bits per heavy atom. The van der Waals surface area contributed by atoms with E-state index in [0.717, 1.165) is 4.57 Å². The Balaban J connectivity index is 2.04. The van der Waals surface area contributed by atoms with Crippen LogP contribution >= 0.6 is 39.1 Å². The van der Waals surface area contributed by atoms with E-state index < -0.39 is 42.4 Å². The van der Waals surface area contributed by atoms with E-state index in [2.05, 4.69) is 20.9 Å². The number of nitrogens with zero attached hydrogens (tertiary/aromatic N) is 1. The van der Waals surface area contributed by atoms with E-state index in [1.807, 2.05) is 0 Å². The molecular formula is C16H15BrCl2N2O7. The van der Waals surface area contributed by atoms with Crippen LogP contribution in [0.2, 0.25) is 10.0 Å². The fourth-order valence-corrected chi connectivity index (χ4v) is 3.74. The molecule has 1 aliphatic rings. The van der Waals surface area contributed by atoms with Crippen molar-refractivity contribution in [2.75, 3.05) is 6.61 Å². The van der Waals surface area contributed by atoms with Crippen molar-refractivity contribution in [2.24, 2.45) is 0 Å². The number of benzene rings is 1. The number of aliphatic hydroxyl groups excluding tert-OH is 3. The molecule has 4 atom stereocenters. The summed E-state index contributed by atoms with van der Waals surface area (Å²) in [4.78, 5) is 26.5. The maximum atomic E-state index is 12.4. The molecule has 1 aliphatic heterocycles. The Labute approximate surface area is 176 Å². The van der Waals surface area contributed by atoms with Gasteiger partial charge in [-0.25, -0.2) is 4.79 Å². The molecule has 28 heavy (non-hydrogen) atoms. The van der Waals surface area contributed by atoms with Crippen LogP contribution in [-0.4, -0.2) is 49.8 Å². The Kier molecular flexibility index (Phi) is 6.50. The number of hydrogen-bond donors (Lipinski definition) is 4. The summed E-state index contributed by atoms with van der Waals surface area (Å²) in [5, 5.41) is 29.9. The molecule has 0 saturated carbocycles. The number of H-pyrrole nitrogens is 1. The molecule has 9 nitrogen and oxygen atoms in total. The summed E-state index contributed by atoms with van der Waals surface area (Å²) in [6, 6.07) is 4.72. The zero-order valence-electron chi connectivity index (χ0n) is 14.0. The fourth-order valence-electron chi connectivity index (χ4n) is 2.83. The van der Waals surface area contributed by atoms with Crippen LogP contribution < -0.4 is 16.0 Å². The lowest BCUT2D eigenvalue weighted by molar-refractivity contribution is -0.0573. The lowest BCUT2D eigenvalue weighted by Gasteiger charge is -2.22. The molecule has 1 aromatic carbocycles.